The second kappa shape index (κ2) is 6.76. The molecule has 0 unspecified atom stereocenters. The van der Waals surface area contributed by atoms with Crippen molar-refractivity contribution >= 4 is 23.4 Å². The lowest BCUT2D eigenvalue weighted by molar-refractivity contribution is 0.568. The Bertz CT molecular complexity index is 579. The number of hydrogen-bond donors (Lipinski definition) is 1. The summed E-state index contributed by atoms with van der Waals surface area (Å²) in [4.78, 5) is 11.3. The van der Waals surface area contributed by atoms with E-state index in [1.807, 2.05) is 36.5 Å². The first-order chi connectivity index (χ1) is 10.3. The van der Waals surface area contributed by atoms with Crippen LogP contribution in [-0.2, 0) is 6.54 Å². The van der Waals surface area contributed by atoms with Crippen molar-refractivity contribution in [2.75, 3.05) is 23.3 Å². The summed E-state index contributed by atoms with van der Waals surface area (Å²) in [6, 6.07) is 9.74. The van der Waals surface area contributed by atoms with Crippen molar-refractivity contribution in [2.45, 2.75) is 25.8 Å². The third kappa shape index (κ3) is 3.85. The fourth-order valence-electron chi connectivity index (χ4n) is 2.49. The molecule has 5 heteroatoms. The molecule has 1 aromatic carbocycles. The van der Waals surface area contributed by atoms with Crippen molar-refractivity contribution < 1.29 is 0 Å². The number of rotatable bonds is 4. The van der Waals surface area contributed by atoms with E-state index in [4.69, 9.17) is 11.6 Å². The predicted octanol–water partition coefficient (Wildman–Crippen LogP) is 3.73. The van der Waals surface area contributed by atoms with Gasteiger partial charge in [0.2, 0.25) is 5.95 Å². The summed E-state index contributed by atoms with van der Waals surface area (Å²) >= 11 is 5.89. The Kier molecular flexibility index (Phi) is 4.55. The number of nitrogens with zero attached hydrogens (tertiary/aromatic N) is 3. The molecule has 0 saturated carbocycles. The molecular weight excluding hydrogens is 284 g/mol. The molecular formula is C16H19ClN4. The van der Waals surface area contributed by atoms with Crippen LogP contribution in [0.5, 0.6) is 0 Å². The summed E-state index contributed by atoms with van der Waals surface area (Å²) in [7, 11) is 0. The van der Waals surface area contributed by atoms with Gasteiger partial charge in [0.15, 0.2) is 0 Å². The van der Waals surface area contributed by atoms with Crippen LogP contribution in [0.15, 0.2) is 36.5 Å². The Balaban J connectivity index is 1.64. The topological polar surface area (TPSA) is 41.1 Å². The van der Waals surface area contributed by atoms with Crippen molar-refractivity contribution in [1.29, 1.82) is 0 Å². The van der Waals surface area contributed by atoms with Crippen LogP contribution in [0, 0.1) is 0 Å². The molecule has 2 heterocycles. The minimum absolute atomic E-state index is 0.730. The minimum atomic E-state index is 0.730. The largest absolute Gasteiger partial charge is 0.366 e. The predicted molar refractivity (Wildman–Crippen MR) is 86.9 cm³/mol. The number of piperidine rings is 1. The standard InChI is InChI=1S/C16H19ClN4/c17-14-6-4-13(5-7-14)12-19-15-8-9-18-16(20-15)21-10-2-1-3-11-21/h4-9H,1-3,10-12H2,(H,18,19,20). The first-order valence-electron chi connectivity index (χ1n) is 7.37. The van der Waals surface area contributed by atoms with Gasteiger partial charge in [-0.15, -0.1) is 0 Å². The molecule has 3 rings (SSSR count). The van der Waals surface area contributed by atoms with E-state index in [2.05, 4.69) is 20.2 Å². The summed E-state index contributed by atoms with van der Waals surface area (Å²) in [6.45, 7) is 2.84. The molecule has 1 fully saturated rings. The number of nitrogens with one attached hydrogen (secondary N) is 1. The van der Waals surface area contributed by atoms with Crippen LogP contribution < -0.4 is 10.2 Å². The van der Waals surface area contributed by atoms with Gasteiger partial charge in [0, 0.05) is 30.9 Å². The summed E-state index contributed by atoms with van der Waals surface area (Å²) in [6.07, 6.45) is 5.59. The smallest absolute Gasteiger partial charge is 0.227 e. The first-order valence-corrected chi connectivity index (χ1v) is 7.75. The number of benzene rings is 1. The van der Waals surface area contributed by atoms with Gasteiger partial charge in [-0.25, -0.2) is 4.98 Å². The van der Waals surface area contributed by atoms with Gasteiger partial charge in [-0.1, -0.05) is 23.7 Å². The average molecular weight is 303 g/mol. The quantitative estimate of drug-likeness (QED) is 0.934. The van der Waals surface area contributed by atoms with E-state index in [0.29, 0.717) is 0 Å². The molecule has 1 N–H and O–H groups in total. The van der Waals surface area contributed by atoms with Gasteiger partial charge >= 0.3 is 0 Å². The van der Waals surface area contributed by atoms with Crippen molar-refractivity contribution in [3.63, 3.8) is 0 Å². The molecule has 0 aliphatic carbocycles. The van der Waals surface area contributed by atoms with Gasteiger partial charge in [0.05, 0.1) is 0 Å². The Morgan fingerprint density at radius 2 is 1.81 bits per heavy atom. The zero-order valence-corrected chi connectivity index (χ0v) is 12.7. The third-order valence-corrected chi connectivity index (χ3v) is 3.92. The van der Waals surface area contributed by atoms with Crippen LogP contribution in [0.1, 0.15) is 24.8 Å². The molecule has 0 atom stereocenters. The highest BCUT2D eigenvalue weighted by Crippen LogP contribution is 2.17. The molecule has 0 bridgehead atoms. The SMILES string of the molecule is Clc1ccc(CNc2ccnc(N3CCCCC3)n2)cc1. The van der Waals surface area contributed by atoms with E-state index in [1.54, 1.807) is 0 Å². The average Bonchev–Trinajstić information content (AvgIpc) is 2.55. The van der Waals surface area contributed by atoms with Crippen molar-refractivity contribution in [3.05, 3.63) is 47.1 Å². The highest BCUT2D eigenvalue weighted by molar-refractivity contribution is 6.30. The molecule has 0 amide bonds. The van der Waals surface area contributed by atoms with E-state index >= 15 is 0 Å². The molecule has 0 radical (unpaired) electrons. The third-order valence-electron chi connectivity index (χ3n) is 3.67. The van der Waals surface area contributed by atoms with Crippen LogP contribution in [0.3, 0.4) is 0 Å². The molecule has 21 heavy (non-hydrogen) atoms. The number of halogens is 1. The monoisotopic (exact) mass is 302 g/mol. The molecule has 0 spiro atoms. The minimum Gasteiger partial charge on any atom is -0.366 e. The van der Waals surface area contributed by atoms with Crippen LogP contribution in [0.4, 0.5) is 11.8 Å². The Morgan fingerprint density at radius 1 is 1.05 bits per heavy atom. The van der Waals surface area contributed by atoms with E-state index in [0.717, 1.165) is 36.4 Å². The fourth-order valence-corrected chi connectivity index (χ4v) is 2.61. The van der Waals surface area contributed by atoms with Crippen LogP contribution in [-0.4, -0.2) is 23.1 Å². The van der Waals surface area contributed by atoms with Crippen LogP contribution in [0.25, 0.3) is 0 Å². The molecule has 2 aromatic rings. The zero-order chi connectivity index (χ0) is 14.5. The number of hydrogen-bond acceptors (Lipinski definition) is 4. The van der Waals surface area contributed by atoms with Gasteiger partial charge in [-0.2, -0.15) is 4.98 Å². The molecule has 1 aromatic heterocycles. The van der Waals surface area contributed by atoms with Gasteiger partial charge in [-0.3, -0.25) is 0 Å². The Morgan fingerprint density at radius 3 is 2.57 bits per heavy atom. The first kappa shape index (κ1) is 14.1. The normalized spacial score (nSPS) is 15.0. The van der Waals surface area contributed by atoms with E-state index in [-0.39, 0.29) is 0 Å². The fraction of sp³-hybridized carbons (Fsp3) is 0.375. The lowest BCUT2D eigenvalue weighted by Gasteiger charge is -2.26. The summed E-state index contributed by atoms with van der Waals surface area (Å²) < 4.78 is 0. The maximum absolute atomic E-state index is 5.89. The number of aromatic nitrogens is 2. The molecule has 1 aliphatic rings. The zero-order valence-electron chi connectivity index (χ0n) is 11.9. The van der Waals surface area contributed by atoms with Gasteiger partial charge in [0.1, 0.15) is 5.82 Å². The molecule has 1 saturated heterocycles. The van der Waals surface area contributed by atoms with Gasteiger partial charge < -0.3 is 10.2 Å². The molecule has 110 valence electrons. The lowest BCUT2D eigenvalue weighted by atomic mass is 10.1. The molecule has 1 aliphatic heterocycles. The molecule has 4 nitrogen and oxygen atoms in total. The van der Waals surface area contributed by atoms with E-state index < -0.39 is 0 Å². The Labute approximate surface area is 130 Å². The summed E-state index contributed by atoms with van der Waals surface area (Å²) in [5.41, 5.74) is 1.18. The van der Waals surface area contributed by atoms with Crippen LogP contribution >= 0.6 is 11.6 Å². The summed E-state index contributed by atoms with van der Waals surface area (Å²) in [5, 5.41) is 4.10. The van der Waals surface area contributed by atoms with E-state index in [9.17, 15) is 0 Å². The van der Waals surface area contributed by atoms with Gasteiger partial charge in [0.25, 0.3) is 0 Å². The lowest BCUT2D eigenvalue weighted by Crippen LogP contribution is -2.31. The van der Waals surface area contributed by atoms with Crippen molar-refractivity contribution in [2.24, 2.45) is 0 Å². The maximum Gasteiger partial charge on any atom is 0.227 e. The number of anilines is 2. The maximum atomic E-state index is 5.89. The van der Waals surface area contributed by atoms with Crippen molar-refractivity contribution in [1.82, 2.24) is 9.97 Å². The van der Waals surface area contributed by atoms with Crippen molar-refractivity contribution in [3.8, 4) is 0 Å². The second-order valence-corrected chi connectivity index (χ2v) is 5.71. The van der Waals surface area contributed by atoms with E-state index in [1.165, 1.54) is 24.8 Å². The Hall–Kier alpha value is -1.81. The van der Waals surface area contributed by atoms with Gasteiger partial charge in [-0.05, 0) is 43.0 Å². The van der Waals surface area contributed by atoms with Crippen LogP contribution in [0.2, 0.25) is 5.02 Å². The second-order valence-electron chi connectivity index (χ2n) is 5.27. The summed E-state index contributed by atoms with van der Waals surface area (Å²) in [5.74, 6) is 1.69. The highest BCUT2D eigenvalue weighted by Gasteiger charge is 2.13. The highest BCUT2D eigenvalue weighted by atomic mass is 35.5.